The molecular formula is C17H23N3. The van der Waals surface area contributed by atoms with Crippen molar-refractivity contribution in [2.24, 2.45) is 0 Å². The summed E-state index contributed by atoms with van der Waals surface area (Å²) in [5.41, 5.74) is 3.35. The van der Waals surface area contributed by atoms with Crippen molar-refractivity contribution in [3.8, 4) is 0 Å². The van der Waals surface area contributed by atoms with Gasteiger partial charge in [-0.15, -0.1) is 0 Å². The molecule has 106 valence electrons. The number of fused-ring (bicyclic) bond motifs is 1. The Kier molecular flexibility index (Phi) is 3.88. The zero-order valence-corrected chi connectivity index (χ0v) is 12.4. The monoisotopic (exact) mass is 269 g/mol. The van der Waals surface area contributed by atoms with Crippen LogP contribution in [0.2, 0.25) is 0 Å². The van der Waals surface area contributed by atoms with Crippen LogP contribution in [0.3, 0.4) is 0 Å². The van der Waals surface area contributed by atoms with E-state index in [1.54, 1.807) is 0 Å². The highest BCUT2D eigenvalue weighted by Gasteiger charge is 2.15. The summed E-state index contributed by atoms with van der Waals surface area (Å²) < 4.78 is 0. The number of rotatable bonds is 4. The third-order valence-electron chi connectivity index (χ3n) is 3.98. The minimum Gasteiger partial charge on any atom is -0.381 e. The molecule has 0 amide bonds. The maximum Gasteiger partial charge on any atom is 0.0725 e. The fourth-order valence-electron chi connectivity index (χ4n) is 3.09. The van der Waals surface area contributed by atoms with E-state index in [2.05, 4.69) is 53.3 Å². The lowest BCUT2D eigenvalue weighted by molar-refractivity contribution is 0.328. The van der Waals surface area contributed by atoms with E-state index in [0.717, 1.165) is 17.8 Å². The Balaban J connectivity index is 1.79. The summed E-state index contributed by atoms with van der Waals surface area (Å²) in [7, 11) is 0. The van der Waals surface area contributed by atoms with E-state index in [4.69, 9.17) is 0 Å². The molecule has 1 aromatic heterocycles. The van der Waals surface area contributed by atoms with Gasteiger partial charge in [0.25, 0.3) is 0 Å². The van der Waals surface area contributed by atoms with Gasteiger partial charge >= 0.3 is 0 Å². The molecule has 1 N–H and O–H groups in total. The van der Waals surface area contributed by atoms with Crippen LogP contribution in [0.15, 0.2) is 30.3 Å². The van der Waals surface area contributed by atoms with Gasteiger partial charge in [0.15, 0.2) is 0 Å². The van der Waals surface area contributed by atoms with Gasteiger partial charge in [-0.05, 0) is 51.9 Å². The SMILES string of the molecule is Cc1cc(NC(C)CN2CCCC2)c2ccccc2n1. The van der Waals surface area contributed by atoms with Crippen LogP contribution in [0.25, 0.3) is 10.9 Å². The predicted octanol–water partition coefficient (Wildman–Crippen LogP) is 3.44. The molecule has 1 aliphatic heterocycles. The Bertz CT molecular complexity index is 588. The first-order valence-corrected chi connectivity index (χ1v) is 7.57. The number of pyridine rings is 1. The molecule has 0 saturated carbocycles. The van der Waals surface area contributed by atoms with Crippen LogP contribution in [0, 0.1) is 6.92 Å². The third-order valence-corrected chi connectivity index (χ3v) is 3.98. The molecule has 2 aromatic rings. The fourth-order valence-corrected chi connectivity index (χ4v) is 3.09. The van der Waals surface area contributed by atoms with Gasteiger partial charge in [0.2, 0.25) is 0 Å². The van der Waals surface area contributed by atoms with Crippen LogP contribution in [-0.2, 0) is 0 Å². The van der Waals surface area contributed by atoms with Gasteiger partial charge < -0.3 is 10.2 Å². The maximum atomic E-state index is 4.60. The number of hydrogen-bond donors (Lipinski definition) is 1. The Labute approximate surface area is 121 Å². The summed E-state index contributed by atoms with van der Waals surface area (Å²) in [4.78, 5) is 7.15. The van der Waals surface area contributed by atoms with Crippen LogP contribution in [0.4, 0.5) is 5.69 Å². The zero-order valence-electron chi connectivity index (χ0n) is 12.4. The van der Waals surface area contributed by atoms with E-state index in [1.807, 2.05) is 6.07 Å². The summed E-state index contributed by atoms with van der Waals surface area (Å²) in [5, 5.41) is 4.89. The molecule has 0 aliphatic carbocycles. The van der Waals surface area contributed by atoms with Crippen LogP contribution >= 0.6 is 0 Å². The van der Waals surface area contributed by atoms with Crippen molar-refractivity contribution < 1.29 is 0 Å². The predicted molar refractivity (Wildman–Crippen MR) is 85.2 cm³/mol. The number of hydrogen-bond acceptors (Lipinski definition) is 3. The summed E-state index contributed by atoms with van der Waals surface area (Å²) in [6.07, 6.45) is 2.70. The molecule has 3 nitrogen and oxygen atoms in total. The van der Waals surface area contributed by atoms with E-state index in [0.29, 0.717) is 6.04 Å². The largest absolute Gasteiger partial charge is 0.381 e. The quantitative estimate of drug-likeness (QED) is 0.921. The zero-order chi connectivity index (χ0) is 13.9. The van der Waals surface area contributed by atoms with E-state index in [1.165, 1.54) is 37.0 Å². The van der Waals surface area contributed by atoms with Crippen molar-refractivity contribution in [2.45, 2.75) is 32.7 Å². The van der Waals surface area contributed by atoms with E-state index >= 15 is 0 Å². The van der Waals surface area contributed by atoms with Crippen molar-refractivity contribution >= 4 is 16.6 Å². The molecule has 2 heterocycles. The lowest BCUT2D eigenvalue weighted by Gasteiger charge is -2.23. The molecule has 0 spiro atoms. The molecule has 1 unspecified atom stereocenters. The van der Waals surface area contributed by atoms with Gasteiger partial charge in [0.1, 0.15) is 0 Å². The molecule has 1 saturated heterocycles. The van der Waals surface area contributed by atoms with Gasteiger partial charge in [-0.25, -0.2) is 0 Å². The summed E-state index contributed by atoms with van der Waals surface area (Å²) in [6, 6.07) is 11.0. The van der Waals surface area contributed by atoms with Gasteiger partial charge in [-0.3, -0.25) is 4.98 Å². The van der Waals surface area contributed by atoms with Crippen LogP contribution in [0.1, 0.15) is 25.5 Å². The van der Waals surface area contributed by atoms with Crippen molar-refractivity contribution in [3.63, 3.8) is 0 Å². The fraction of sp³-hybridized carbons (Fsp3) is 0.471. The molecule has 1 aliphatic rings. The molecule has 1 aromatic carbocycles. The minimum absolute atomic E-state index is 0.457. The molecule has 1 atom stereocenters. The van der Waals surface area contributed by atoms with Gasteiger partial charge in [-0.1, -0.05) is 18.2 Å². The average molecular weight is 269 g/mol. The first-order chi connectivity index (χ1) is 9.72. The number of aromatic nitrogens is 1. The number of aryl methyl sites for hydroxylation is 1. The number of anilines is 1. The number of benzene rings is 1. The minimum atomic E-state index is 0.457. The number of nitrogens with zero attached hydrogens (tertiary/aromatic N) is 2. The second-order valence-corrected chi connectivity index (χ2v) is 5.88. The smallest absolute Gasteiger partial charge is 0.0725 e. The molecule has 0 radical (unpaired) electrons. The van der Waals surface area contributed by atoms with Crippen LogP contribution < -0.4 is 5.32 Å². The molecular weight excluding hydrogens is 246 g/mol. The lowest BCUT2D eigenvalue weighted by Crippen LogP contribution is -2.33. The maximum absolute atomic E-state index is 4.60. The Morgan fingerprint density at radius 2 is 2.00 bits per heavy atom. The van der Waals surface area contributed by atoms with Crippen molar-refractivity contribution in [3.05, 3.63) is 36.0 Å². The molecule has 0 bridgehead atoms. The van der Waals surface area contributed by atoms with Gasteiger partial charge in [-0.2, -0.15) is 0 Å². The Hall–Kier alpha value is -1.61. The third kappa shape index (κ3) is 2.93. The van der Waals surface area contributed by atoms with Gasteiger partial charge in [0.05, 0.1) is 5.52 Å². The van der Waals surface area contributed by atoms with Crippen LogP contribution in [-0.4, -0.2) is 35.6 Å². The van der Waals surface area contributed by atoms with Gasteiger partial charge in [0, 0.05) is 29.4 Å². The number of para-hydroxylation sites is 1. The first kappa shape index (κ1) is 13.4. The Morgan fingerprint density at radius 3 is 2.80 bits per heavy atom. The second-order valence-electron chi connectivity index (χ2n) is 5.88. The molecule has 20 heavy (non-hydrogen) atoms. The second kappa shape index (κ2) is 5.80. The number of nitrogens with one attached hydrogen (secondary N) is 1. The van der Waals surface area contributed by atoms with Crippen LogP contribution in [0.5, 0.6) is 0 Å². The highest BCUT2D eigenvalue weighted by atomic mass is 15.2. The summed E-state index contributed by atoms with van der Waals surface area (Å²) >= 11 is 0. The van der Waals surface area contributed by atoms with E-state index < -0.39 is 0 Å². The molecule has 3 rings (SSSR count). The molecule has 1 fully saturated rings. The number of likely N-dealkylation sites (tertiary alicyclic amines) is 1. The first-order valence-electron chi connectivity index (χ1n) is 7.57. The topological polar surface area (TPSA) is 28.2 Å². The normalized spacial score (nSPS) is 17.5. The van der Waals surface area contributed by atoms with Crippen molar-refractivity contribution in [1.82, 2.24) is 9.88 Å². The summed E-state index contributed by atoms with van der Waals surface area (Å²) in [6.45, 7) is 7.95. The summed E-state index contributed by atoms with van der Waals surface area (Å²) in [5.74, 6) is 0. The van der Waals surface area contributed by atoms with E-state index in [9.17, 15) is 0 Å². The Morgan fingerprint density at radius 1 is 1.25 bits per heavy atom. The molecule has 3 heteroatoms. The van der Waals surface area contributed by atoms with E-state index in [-0.39, 0.29) is 0 Å². The van der Waals surface area contributed by atoms with Crippen molar-refractivity contribution in [2.75, 3.05) is 25.0 Å². The highest BCUT2D eigenvalue weighted by molar-refractivity contribution is 5.91. The standard InChI is InChI=1S/C17H23N3/c1-13-11-17(15-7-3-4-8-16(15)18-13)19-14(2)12-20-9-5-6-10-20/h3-4,7-8,11,14H,5-6,9-10,12H2,1-2H3,(H,18,19). The lowest BCUT2D eigenvalue weighted by atomic mass is 10.1. The average Bonchev–Trinajstić information content (AvgIpc) is 2.91. The highest BCUT2D eigenvalue weighted by Crippen LogP contribution is 2.23. The van der Waals surface area contributed by atoms with Crippen molar-refractivity contribution in [1.29, 1.82) is 0 Å².